The zero-order valence-electron chi connectivity index (χ0n) is 11.3. The molecular formula is C15H15FN2O3. The molecular weight excluding hydrogens is 275 g/mol. The number of nitrogens with one attached hydrogen (secondary N) is 1. The van der Waals surface area contributed by atoms with Gasteiger partial charge in [0.25, 0.3) is 0 Å². The zero-order chi connectivity index (χ0) is 15.2. The maximum absolute atomic E-state index is 13.8. The first-order chi connectivity index (χ1) is 10.1. The number of nitro groups is 1. The van der Waals surface area contributed by atoms with E-state index in [0.717, 1.165) is 17.2 Å². The number of nitro benzene ring substituents is 1. The van der Waals surface area contributed by atoms with Gasteiger partial charge in [0.1, 0.15) is 0 Å². The first-order valence-electron chi connectivity index (χ1n) is 6.43. The molecule has 0 aliphatic heterocycles. The Bertz CT molecular complexity index is 629. The predicted molar refractivity (Wildman–Crippen MR) is 76.0 cm³/mol. The van der Waals surface area contributed by atoms with Crippen molar-refractivity contribution in [1.82, 2.24) is 5.32 Å². The SMILES string of the molecule is O=[N+]([O-])c1cccc(CNCc2ccc(CO)cc2)c1F. The molecule has 0 saturated heterocycles. The van der Waals surface area contributed by atoms with E-state index < -0.39 is 16.4 Å². The van der Waals surface area contributed by atoms with E-state index in [1.807, 2.05) is 24.3 Å². The fourth-order valence-corrected chi connectivity index (χ4v) is 1.95. The molecule has 2 aromatic carbocycles. The smallest absolute Gasteiger partial charge is 0.305 e. The lowest BCUT2D eigenvalue weighted by Crippen LogP contribution is -2.14. The number of hydrogen-bond donors (Lipinski definition) is 2. The zero-order valence-corrected chi connectivity index (χ0v) is 11.3. The molecule has 0 heterocycles. The third-order valence-corrected chi connectivity index (χ3v) is 3.11. The summed E-state index contributed by atoms with van der Waals surface area (Å²) in [5, 5.41) is 22.6. The van der Waals surface area contributed by atoms with Crippen molar-refractivity contribution >= 4 is 5.69 Å². The number of halogens is 1. The average Bonchev–Trinajstić information content (AvgIpc) is 2.49. The minimum Gasteiger partial charge on any atom is -0.392 e. The van der Waals surface area contributed by atoms with Crippen LogP contribution in [-0.4, -0.2) is 10.0 Å². The van der Waals surface area contributed by atoms with Crippen LogP contribution >= 0.6 is 0 Å². The molecule has 0 aliphatic carbocycles. The van der Waals surface area contributed by atoms with E-state index >= 15 is 0 Å². The van der Waals surface area contributed by atoms with Crippen LogP contribution in [-0.2, 0) is 19.7 Å². The van der Waals surface area contributed by atoms with Gasteiger partial charge in [0, 0.05) is 24.7 Å². The Kier molecular flexibility index (Phi) is 4.97. The summed E-state index contributed by atoms with van der Waals surface area (Å²) in [4.78, 5) is 9.92. The molecule has 2 N–H and O–H groups in total. The third-order valence-electron chi connectivity index (χ3n) is 3.11. The second-order valence-corrected chi connectivity index (χ2v) is 4.59. The van der Waals surface area contributed by atoms with Gasteiger partial charge in [-0.25, -0.2) is 0 Å². The lowest BCUT2D eigenvalue weighted by atomic mass is 10.1. The molecule has 2 rings (SSSR count). The molecule has 0 atom stereocenters. The monoisotopic (exact) mass is 290 g/mol. The highest BCUT2D eigenvalue weighted by Crippen LogP contribution is 2.20. The highest BCUT2D eigenvalue weighted by molar-refractivity contribution is 5.36. The standard InChI is InChI=1S/C15H15FN2O3/c16-15-13(2-1-3-14(15)18(20)21)9-17-8-11-4-6-12(10-19)7-5-11/h1-7,17,19H,8-10H2. The first-order valence-corrected chi connectivity index (χ1v) is 6.43. The summed E-state index contributed by atoms with van der Waals surface area (Å²) in [6.07, 6.45) is 0. The number of nitrogens with zero attached hydrogens (tertiary/aromatic N) is 1. The van der Waals surface area contributed by atoms with Crippen molar-refractivity contribution in [2.24, 2.45) is 0 Å². The minimum absolute atomic E-state index is 0.00734. The Balaban J connectivity index is 1.97. The molecule has 0 bridgehead atoms. The molecule has 0 aromatic heterocycles. The quantitative estimate of drug-likeness (QED) is 0.633. The summed E-state index contributed by atoms with van der Waals surface area (Å²) in [7, 11) is 0. The van der Waals surface area contributed by atoms with E-state index in [2.05, 4.69) is 5.32 Å². The van der Waals surface area contributed by atoms with Crippen LogP contribution in [0.1, 0.15) is 16.7 Å². The van der Waals surface area contributed by atoms with Crippen LogP contribution in [0.2, 0.25) is 0 Å². The van der Waals surface area contributed by atoms with Crippen molar-refractivity contribution in [3.05, 3.63) is 75.1 Å². The molecule has 5 nitrogen and oxygen atoms in total. The molecule has 0 spiro atoms. The van der Waals surface area contributed by atoms with Gasteiger partial charge in [-0.05, 0) is 11.1 Å². The van der Waals surface area contributed by atoms with Crippen molar-refractivity contribution in [3.8, 4) is 0 Å². The fourth-order valence-electron chi connectivity index (χ4n) is 1.95. The summed E-state index contributed by atoms with van der Waals surface area (Å²) >= 11 is 0. The van der Waals surface area contributed by atoms with Crippen molar-refractivity contribution in [2.45, 2.75) is 19.7 Å². The Morgan fingerprint density at radius 2 is 1.76 bits per heavy atom. The van der Waals surface area contributed by atoms with Crippen LogP contribution in [0.4, 0.5) is 10.1 Å². The molecule has 0 saturated carbocycles. The molecule has 0 aliphatic rings. The number of aliphatic hydroxyl groups excluding tert-OH is 1. The topological polar surface area (TPSA) is 75.4 Å². The van der Waals surface area contributed by atoms with Gasteiger partial charge in [-0.15, -0.1) is 0 Å². The summed E-state index contributed by atoms with van der Waals surface area (Å²) in [6, 6.07) is 11.5. The molecule has 0 fully saturated rings. The average molecular weight is 290 g/mol. The van der Waals surface area contributed by atoms with Crippen LogP contribution in [0.15, 0.2) is 42.5 Å². The highest BCUT2D eigenvalue weighted by Gasteiger charge is 2.16. The maximum Gasteiger partial charge on any atom is 0.305 e. The predicted octanol–water partition coefficient (Wildman–Crippen LogP) is 2.52. The van der Waals surface area contributed by atoms with Crippen LogP contribution in [0, 0.1) is 15.9 Å². The number of rotatable bonds is 6. The van der Waals surface area contributed by atoms with E-state index in [4.69, 9.17) is 5.11 Å². The lowest BCUT2D eigenvalue weighted by molar-refractivity contribution is -0.387. The number of aliphatic hydroxyl groups is 1. The lowest BCUT2D eigenvalue weighted by Gasteiger charge is -2.07. The number of benzene rings is 2. The summed E-state index contributed by atoms with van der Waals surface area (Å²) < 4.78 is 13.8. The number of hydrogen-bond acceptors (Lipinski definition) is 4. The molecule has 6 heteroatoms. The Hall–Kier alpha value is -2.31. The van der Waals surface area contributed by atoms with Gasteiger partial charge < -0.3 is 10.4 Å². The van der Waals surface area contributed by atoms with Crippen molar-refractivity contribution in [2.75, 3.05) is 0 Å². The van der Waals surface area contributed by atoms with Gasteiger partial charge in [0.15, 0.2) is 0 Å². The second-order valence-electron chi connectivity index (χ2n) is 4.59. The van der Waals surface area contributed by atoms with Crippen molar-refractivity contribution in [3.63, 3.8) is 0 Å². The van der Waals surface area contributed by atoms with Crippen molar-refractivity contribution < 1.29 is 14.4 Å². The summed E-state index contributed by atoms with van der Waals surface area (Å²) in [6.45, 7) is 0.704. The van der Waals surface area contributed by atoms with E-state index in [9.17, 15) is 14.5 Å². The maximum atomic E-state index is 13.8. The largest absolute Gasteiger partial charge is 0.392 e. The van der Waals surface area contributed by atoms with Gasteiger partial charge in [0.2, 0.25) is 5.82 Å². The molecule has 0 radical (unpaired) electrons. The van der Waals surface area contributed by atoms with Gasteiger partial charge in [0.05, 0.1) is 11.5 Å². The third kappa shape index (κ3) is 3.84. The van der Waals surface area contributed by atoms with Crippen LogP contribution < -0.4 is 5.32 Å². The Morgan fingerprint density at radius 3 is 2.38 bits per heavy atom. The molecule has 110 valence electrons. The summed E-state index contributed by atoms with van der Waals surface area (Å²) in [5.74, 6) is -0.800. The minimum atomic E-state index is -0.800. The van der Waals surface area contributed by atoms with Crippen molar-refractivity contribution in [1.29, 1.82) is 0 Å². The van der Waals surface area contributed by atoms with E-state index in [1.165, 1.54) is 12.1 Å². The van der Waals surface area contributed by atoms with Gasteiger partial charge in [-0.2, -0.15) is 4.39 Å². The van der Waals surface area contributed by atoms with E-state index in [-0.39, 0.29) is 18.7 Å². The Labute approximate surface area is 121 Å². The van der Waals surface area contributed by atoms with E-state index in [0.29, 0.717) is 6.54 Å². The molecule has 2 aromatic rings. The van der Waals surface area contributed by atoms with E-state index in [1.54, 1.807) is 0 Å². The van der Waals surface area contributed by atoms with Crippen LogP contribution in [0.5, 0.6) is 0 Å². The van der Waals surface area contributed by atoms with Gasteiger partial charge >= 0.3 is 5.69 Å². The molecule has 21 heavy (non-hydrogen) atoms. The first kappa shape index (κ1) is 15.1. The van der Waals surface area contributed by atoms with Crippen LogP contribution in [0.25, 0.3) is 0 Å². The van der Waals surface area contributed by atoms with Gasteiger partial charge in [-0.1, -0.05) is 36.4 Å². The van der Waals surface area contributed by atoms with Gasteiger partial charge in [-0.3, -0.25) is 10.1 Å². The summed E-state index contributed by atoms with van der Waals surface area (Å²) in [5.41, 5.74) is 1.55. The molecule has 0 amide bonds. The fraction of sp³-hybridized carbons (Fsp3) is 0.200. The highest BCUT2D eigenvalue weighted by atomic mass is 19.1. The normalized spacial score (nSPS) is 10.6. The molecule has 0 unspecified atom stereocenters. The van der Waals surface area contributed by atoms with Crippen LogP contribution in [0.3, 0.4) is 0 Å². The Morgan fingerprint density at radius 1 is 1.10 bits per heavy atom. The second kappa shape index (κ2) is 6.92.